The second kappa shape index (κ2) is 7.31. The van der Waals surface area contributed by atoms with Crippen LogP contribution in [0, 0.1) is 0 Å². The number of nitrogens with one attached hydrogen (secondary N) is 1. The number of hydrogen-bond acceptors (Lipinski definition) is 6. The number of hydrogen-bond donors (Lipinski definition) is 1. The Morgan fingerprint density at radius 3 is 2.88 bits per heavy atom. The maximum Gasteiger partial charge on any atom is 0.313 e. The van der Waals surface area contributed by atoms with Gasteiger partial charge in [0.15, 0.2) is 11.5 Å². The molecule has 1 N–H and O–H groups in total. The van der Waals surface area contributed by atoms with Crippen LogP contribution in [0.1, 0.15) is 36.9 Å². The molecule has 7 heteroatoms. The van der Waals surface area contributed by atoms with Crippen LogP contribution in [0.25, 0.3) is 0 Å². The number of carbonyl (C=O) groups is 2. The summed E-state index contributed by atoms with van der Waals surface area (Å²) in [5.74, 6) is 1.32. The molecule has 136 valence electrons. The molecule has 0 aliphatic carbocycles. The number of quaternary nitrogens is 1. The predicted octanol–water partition coefficient (Wildman–Crippen LogP) is 0.448. The molecule has 2 aliphatic heterocycles. The van der Waals surface area contributed by atoms with Crippen molar-refractivity contribution in [3.63, 3.8) is 0 Å². The van der Waals surface area contributed by atoms with E-state index in [2.05, 4.69) is 7.05 Å². The number of Topliss-reactive ketones (excluding diaryl/α,β-unsaturated/α-hetero) is 1. The summed E-state index contributed by atoms with van der Waals surface area (Å²) in [5, 5.41) is 0. The fourth-order valence-corrected chi connectivity index (χ4v) is 3.57. The van der Waals surface area contributed by atoms with Crippen LogP contribution in [-0.2, 0) is 20.7 Å². The molecule has 0 aromatic heterocycles. The zero-order valence-electron chi connectivity index (χ0n) is 14.8. The van der Waals surface area contributed by atoms with Crippen molar-refractivity contribution in [2.75, 3.05) is 34.1 Å². The van der Waals surface area contributed by atoms with Crippen molar-refractivity contribution in [1.82, 2.24) is 0 Å². The number of ether oxygens (including phenoxy) is 4. The van der Waals surface area contributed by atoms with Crippen LogP contribution >= 0.6 is 0 Å². The van der Waals surface area contributed by atoms with Gasteiger partial charge in [-0.3, -0.25) is 9.59 Å². The van der Waals surface area contributed by atoms with Crippen LogP contribution in [0.2, 0.25) is 0 Å². The number of likely N-dealkylation sites (N-methyl/N-ethyl adjacent to an activating group) is 1. The molecule has 1 aromatic carbocycles. The standard InChI is InChI=1S/C18H23NO6/c1-4-23-15(21)9-12(20)8-13-16-11(5-6-19(13)2)7-14-17(18(16)22-3)25-10-24-14/h7,13H,4-6,8-10H2,1-3H3/p+1/t13-/m1/s1. The van der Waals surface area contributed by atoms with Gasteiger partial charge in [0.1, 0.15) is 18.2 Å². The lowest BCUT2D eigenvalue weighted by atomic mass is 9.88. The van der Waals surface area contributed by atoms with E-state index in [-0.39, 0.29) is 38.1 Å². The van der Waals surface area contributed by atoms with Gasteiger partial charge in [-0.15, -0.1) is 0 Å². The highest BCUT2D eigenvalue weighted by Gasteiger charge is 2.37. The predicted molar refractivity (Wildman–Crippen MR) is 88.2 cm³/mol. The molecular weight excluding hydrogens is 326 g/mol. The van der Waals surface area contributed by atoms with Crippen molar-refractivity contribution in [2.24, 2.45) is 0 Å². The Morgan fingerprint density at radius 1 is 1.36 bits per heavy atom. The number of methoxy groups -OCH3 is 1. The van der Waals surface area contributed by atoms with Crippen LogP contribution in [0.4, 0.5) is 0 Å². The third-order valence-corrected chi connectivity index (χ3v) is 4.76. The molecule has 1 aromatic rings. The molecule has 0 saturated carbocycles. The van der Waals surface area contributed by atoms with Crippen LogP contribution in [0.5, 0.6) is 17.2 Å². The third kappa shape index (κ3) is 3.42. The maximum atomic E-state index is 12.4. The van der Waals surface area contributed by atoms with Gasteiger partial charge in [-0.25, -0.2) is 0 Å². The number of benzene rings is 1. The zero-order chi connectivity index (χ0) is 18.0. The minimum Gasteiger partial charge on any atom is -0.492 e. The molecule has 0 radical (unpaired) electrons. The van der Waals surface area contributed by atoms with E-state index < -0.39 is 5.97 Å². The fraction of sp³-hybridized carbons (Fsp3) is 0.556. The van der Waals surface area contributed by atoms with Crippen molar-refractivity contribution in [3.8, 4) is 17.2 Å². The van der Waals surface area contributed by atoms with Crippen molar-refractivity contribution >= 4 is 11.8 Å². The van der Waals surface area contributed by atoms with Crippen LogP contribution in [0.15, 0.2) is 6.07 Å². The lowest BCUT2D eigenvalue weighted by Gasteiger charge is -2.32. The van der Waals surface area contributed by atoms with Crippen molar-refractivity contribution < 1.29 is 33.4 Å². The second-order valence-corrected chi connectivity index (χ2v) is 6.34. The molecule has 2 atom stereocenters. The summed E-state index contributed by atoms with van der Waals surface area (Å²) in [6.45, 7) is 3.07. The molecule has 7 nitrogen and oxygen atoms in total. The molecule has 0 amide bonds. The molecule has 0 spiro atoms. The summed E-state index contributed by atoms with van der Waals surface area (Å²) in [7, 11) is 3.65. The van der Waals surface area contributed by atoms with E-state index in [0.717, 1.165) is 24.1 Å². The number of fused-ring (bicyclic) bond motifs is 2. The van der Waals surface area contributed by atoms with E-state index >= 15 is 0 Å². The minimum absolute atomic E-state index is 0.0878. The zero-order valence-corrected chi connectivity index (χ0v) is 14.8. The van der Waals surface area contributed by atoms with Crippen molar-refractivity contribution in [1.29, 1.82) is 0 Å². The summed E-state index contributed by atoms with van der Waals surface area (Å²) in [6, 6.07) is 1.89. The van der Waals surface area contributed by atoms with Crippen LogP contribution in [0.3, 0.4) is 0 Å². The van der Waals surface area contributed by atoms with E-state index in [1.54, 1.807) is 14.0 Å². The maximum absolute atomic E-state index is 12.4. The van der Waals surface area contributed by atoms with Gasteiger partial charge in [0.2, 0.25) is 12.5 Å². The Hall–Kier alpha value is -2.28. The van der Waals surface area contributed by atoms with E-state index in [1.807, 2.05) is 6.07 Å². The molecule has 0 bridgehead atoms. The Kier molecular flexibility index (Phi) is 5.13. The summed E-state index contributed by atoms with van der Waals surface area (Å²) in [5.41, 5.74) is 2.09. The number of rotatable bonds is 6. The highest BCUT2D eigenvalue weighted by molar-refractivity contribution is 5.95. The third-order valence-electron chi connectivity index (χ3n) is 4.76. The first-order chi connectivity index (χ1) is 12.0. The lowest BCUT2D eigenvalue weighted by Crippen LogP contribution is -3.10. The fourth-order valence-electron chi connectivity index (χ4n) is 3.57. The summed E-state index contributed by atoms with van der Waals surface area (Å²) < 4.78 is 21.5. The largest absolute Gasteiger partial charge is 0.492 e. The van der Waals surface area contributed by atoms with E-state index in [0.29, 0.717) is 17.2 Å². The first kappa shape index (κ1) is 17.5. The lowest BCUT2D eigenvalue weighted by molar-refractivity contribution is -0.914. The van der Waals surface area contributed by atoms with Gasteiger partial charge in [-0.1, -0.05) is 0 Å². The first-order valence-corrected chi connectivity index (χ1v) is 8.54. The SMILES string of the molecule is CCOC(=O)CC(=O)C[C@@H]1c2c(cc3c(c2OC)OCO3)CC[NH+]1C. The molecular formula is C18H24NO6+. The Balaban J connectivity index is 1.89. The van der Waals surface area contributed by atoms with E-state index in [9.17, 15) is 9.59 Å². The van der Waals surface area contributed by atoms with Crippen LogP contribution < -0.4 is 19.1 Å². The highest BCUT2D eigenvalue weighted by Crippen LogP contribution is 2.47. The van der Waals surface area contributed by atoms with Crippen molar-refractivity contribution in [3.05, 3.63) is 17.2 Å². The van der Waals surface area contributed by atoms with E-state index in [1.165, 1.54) is 4.90 Å². The summed E-state index contributed by atoms with van der Waals surface area (Å²) in [6.07, 6.45) is 0.935. The second-order valence-electron chi connectivity index (χ2n) is 6.34. The highest BCUT2D eigenvalue weighted by atomic mass is 16.7. The normalized spacial score (nSPS) is 20.8. The number of ketones is 1. The van der Waals surface area contributed by atoms with Gasteiger partial charge < -0.3 is 23.8 Å². The van der Waals surface area contributed by atoms with Gasteiger partial charge in [0.25, 0.3) is 0 Å². The molecule has 3 rings (SSSR count). The Bertz CT molecular complexity index is 687. The van der Waals surface area contributed by atoms with E-state index in [4.69, 9.17) is 18.9 Å². The van der Waals surface area contributed by atoms with Gasteiger partial charge in [-0.2, -0.15) is 0 Å². The van der Waals surface area contributed by atoms with Gasteiger partial charge >= 0.3 is 5.97 Å². The minimum atomic E-state index is -0.473. The molecule has 0 saturated heterocycles. The van der Waals surface area contributed by atoms with Gasteiger partial charge in [0.05, 0.1) is 39.3 Å². The molecule has 0 fully saturated rings. The monoisotopic (exact) mass is 350 g/mol. The van der Waals surface area contributed by atoms with Gasteiger partial charge in [0, 0.05) is 6.42 Å². The molecule has 2 aliphatic rings. The Labute approximate surface area is 146 Å². The topological polar surface area (TPSA) is 75.5 Å². The van der Waals surface area contributed by atoms with Gasteiger partial charge in [-0.05, 0) is 18.6 Å². The summed E-state index contributed by atoms with van der Waals surface area (Å²) >= 11 is 0. The Morgan fingerprint density at radius 2 is 2.16 bits per heavy atom. The average Bonchev–Trinajstić information content (AvgIpc) is 3.03. The average molecular weight is 350 g/mol. The summed E-state index contributed by atoms with van der Waals surface area (Å²) in [4.78, 5) is 25.2. The first-order valence-electron chi connectivity index (χ1n) is 8.54. The molecule has 1 unspecified atom stereocenters. The molecule has 25 heavy (non-hydrogen) atoms. The smallest absolute Gasteiger partial charge is 0.313 e. The van der Waals surface area contributed by atoms with Crippen LogP contribution in [-0.4, -0.2) is 45.9 Å². The number of esters is 1. The quantitative estimate of drug-likeness (QED) is 0.593. The van der Waals surface area contributed by atoms with Crippen molar-refractivity contribution in [2.45, 2.75) is 32.2 Å². The number of carbonyl (C=O) groups excluding carboxylic acids is 2. The molecule has 2 heterocycles.